The summed E-state index contributed by atoms with van der Waals surface area (Å²) in [5.74, 6) is -0.281. The van der Waals surface area contributed by atoms with Gasteiger partial charge in [-0.25, -0.2) is 0 Å². The van der Waals surface area contributed by atoms with Crippen LogP contribution in [0.15, 0.2) is 42.5 Å². The zero-order chi connectivity index (χ0) is 17.5. The normalized spacial score (nSPS) is 10.1. The first kappa shape index (κ1) is 17.2. The Morgan fingerprint density at radius 2 is 2.04 bits per heavy atom. The van der Waals surface area contributed by atoms with E-state index in [0.717, 1.165) is 0 Å². The van der Waals surface area contributed by atoms with E-state index in [1.54, 1.807) is 24.3 Å². The fraction of sp³-hybridized carbons (Fsp3) is 0.176. The van der Waals surface area contributed by atoms with E-state index >= 15 is 0 Å². The highest BCUT2D eigenvalue weighted by Crippen LogP contribution is 2.29. The fourth-order valence-corrected chi connectivity index (χ4v) is 2.03. The second-order valence-corrected chi connectivity index (χ2v) is 4.74. The maximum absolute atomic E-state index is 12.3. The topological polar surface area (TPSA) is 71.3 Å². The quantitative estimate of drug-likeness (QED) is 0.882. The van der Waals surface area contributed by atoms with Gasteiger partial charge in [0.1, 0.15) is 0 Å². The van der Waals surface area contributed by atoms with E-state index in [1.807, 2.05) is 6.07 Å². The molecule has 0 unspecified atom stereocenters. The molecular weight excluding hydrogens is 318 g/mol. The summed E-state index contributed by atoms with van der Waals surface area (Å²) in [5, 5.41) is 11.5. The number of benzene rings is 2. The van der Waals surface area contributed by atoms with Crippen LogP contribution >= 0.6 is 0 Å². The monoisotopic (exact) mass is 332 g/mol. The maximum atomic E-state index is 12.3. The molecular formula is C17H14F2N2O3. The zero-order valence-electron chi connectivity index (χ0n) is 12.8. The van der Waals surface area contributed by atoms with Crippen molar-refractivity contribution in [2.75, 3.05) is 7.11 Å². The van der Waals surface area contributed by atoms with Crippen molar-refractivity contribution in [3.8, 4) is 17.6 Å². The lowest BCUT2D eigenvalue weighted by Gasteiger charge is -2.12. The lowest BCUT2D eigenvalue weighted by Crippen LogP contribution is -2.22. The Bertz CT molecular complexity index is 773. The van der Waals surface area contributed by atoms with Crippen LogP contribution in [-0.4, -0.2) is 19.6 Å². The van der Waals surface area contributed by atoms with Gasteiger partial charge in [-0.1, -0.05) is 12.1 Å². The van der Waals surface area contributed by atoms with Crippen molar-refractivity contribution >= 4 is 5.91 Å². The molecule has 1 amide bonds. The number of amides is 1. The van der Waals surface area contributed by atoms with Crippen LogP contribution in [0.5, 0.6) is 11.5 Å². The van der Waals surface area contributed by atoms with E-state index in [2.05, 4.69) is 10.1 Å². The van der Waals surface area contributed by atoms with Crippen LogP contribution in [0.4, 0.5) is 8.78 Å². The van der Waals surface area contributed by atoms with Crippen molar-refractivity contribution in [3.63, 3.8) is 0 Å². The number of rotatable bonds is 6. The molecule has 1 N–H and O–H groups in total. The van der Waals surface area contributed by atoms with Gasteiger partial charge in [-0.3, -0.25) is 4.79 Å². The highest BCUT2D eigenvalue weighted by molar-refractivity contribution is 5.94. The number of halogens is 2. The summed E-state index contributed by atoms with van der Waals surface area (Å²) >= 11 is 0. The van der Waals surface area contributed by atoms with Gasteiger partial charge in [-0.15, -0.1) is 0 Å². The summed E-state index contributed by atoms with van der Waals surface area (Å²) in [6.45, 7) is -2.78. The first-order chi connectivity index (χ1) is 11.5. The Hall–Kier alpha value is -3.14. The zero-order valence-corrected chi connectivity index (χ0v) is 12.8. The van der Waals surface area contributed by atoms with Crippen molar-refractivity contribution in [2.24, 2.45) is 0 Å². The molecule has 0 aliphatic heterocycles. The Kier molecular flexibility index (Phi) is 5.68. The molecule has 5 nitrogen and oxygen atoms in total. The third-order valence-corrected chi connectivity index (χ3v) is 3.15. The number of hydrogen-bond donors (Lipinski definition) is 1. The highest BCUT2D eigenvalue weighted by Gasteiger charge is 2.12. The van der Waals surface area contributed by atoms with E-state index < -0.39 is 6.61 Å². The van der Waals surface area contributed by atoms with Gasteiger partial charge in [0, 0.05) is 12.1 Å². The Labute approximate surface area is 137 Å². The van der Waals surface area contributed by atoms with Gasteiger partial charge in [0.2, 0.25) is 0 Å². The van der Waals surface area contributed by atoms with Crippen LogP contribution in [0.25, 0.3) is 0 Å². The molecule has 0 spiro atoms. The van der Waals surface area contributed by atoms with Gasteiger partial charge in [0.05, 0.1) is 18.7 Å². The molecule has 0 heterocycles. The highest BCUT2D eigenvalue weighted by atomic mass is 19.3. The molecule has 0 saturated carbocycles. The van der Waals surface area contributed by atoms with Gasteiger partial charge >= 0.3 is 6.61 Å². The molecule has 2 rings (SSSR count). The Balaban J connectivity index is 2.06. The lowest BCUT2D eigenvalue weighted by atomic mass is 10.1. The number of carbonyl (C=O) groups is 1. The largest absolute Gasteiger partial charge is 0.493 e. The standard InChI is InChI=1S/C17H14F2N2O3/c1-23-15-8-12(5-6-14(15)24-17(18)19)10-21-16(22)13-4-2-3-11(7-13)9-20/h2-8,17H,10H2,1H3,(H,21,22). The van der Waals surface area contributed by atoms with Crippen molar-refractivity contribution in [3.05, 3.63) is 59.2 Å². The number of nitrogens with one attached hydrogen (secondary N) is 1. The van der Waals surface area contributed by atoms with Gasteiger partial charge < -0.3 is 14.8 Å². The minimum Gasteiger partial charge on any atom is -0.493 e. The van der Waals surface area contributed by atoms with Crippen LogP contribution in [0.2, 0.25) is 0 Å². The molecule has 0 atom stereocenters. The van der Waals surface area contributed by atoms with Gasteiger partial charge in [0.25, 0.3) is 5.91 Å². The van der Waals surface area contributed by atoms with E-state index in [4.69, 9.17) is 10.00 Å². The molecule has 2 aromatic rings. The Morgan fingerprint density at radius 1 is 1.25 bits per heavy atom. The Morgan fingerprint density at radius 3 is 2.71 bits per heavy atom. The maximum Gasteiger partial charge on any atom is 0.387 e. The van der Waals surface area contributed by atoms with Gasteiger partial charge in [0.15, 0.2) is 11.5 Å². The van der Waals surface area contributed by atoms with Crippen LogP contribution in [0.1, 0.15) is 21.5 Å². The third kappa shape index (κ3) is 4.43. The first-order valence-corrected chi connectivity index (χ1v) is 6.93. The number of alkyl halides is 2. The fourth-order valence-electron chi connectivity index (χ4n) is 2.03. The smallest absolute Gasteiger partial charge is 0.387 e. The molecule has 0 saturated heterocycles. The number of nitrogens with zero attached hydrogens (tertiary/aromatic N) is 1. The number of hydrogen-bond acceptors (Lipinski definition) is 4. The number of ether oxygens (including phenoxy) is 2. The van der Waals surface area contributed by atoms with Crippen molar-refractivity contribution in [1.29, 1.82) is 5.26 Å². The summed E-state index contributed by atoms with van der Waals surface area (Å²) in [6, 6.07) is 12.7. The molecule has 24 heavy (non-hydrogen) atoms. The van der Waals surface area contributed by atoms with E-state index in [9.17, 15) is 13.6 Å². The van der Waals surface area contributed by atoms with E-state index in [1.165, 1.54) is 25.3 Å². The lowest BCUT2D eigenvalue weighted by molar-refractivity contribution is -0.0512. The molecule has 0 aliphatic carbocycles. The van der Waals surface area contributed by atoms with Crippen LogP contribution in [0.3, 0.4) is 0 Å². The second-order valence-electron chi connectivity index (χ2n) is 4.74. The average molecular weight is 332 g/mol. The molecule has 124 valence electrons. The SMILES string of the molecule is COc1cc(CNC(=O)c2cccc(C#N)c2)ccc1OC(F)F. The molecule has 0 bridgehead atoms. The average Bonchev–Trinajstić information content (AvgIpc) is 2.60. The van der Waals surface area contributed by atoms with Gasteiger partial charge in [-0.2, -0.15) is 14.0 Å². The molecule has 2 aromatic carbocycles. The molecule has 0 fully saturated rings. The van der Waals surface area contributed by atoms with Crippen molar-refractivity contribution < 1.29 is 23.0 Å². The van der Waals surface area contributed by atoms with E-state index in [0.29, 0.717) is 16.7 Å². The summed E-state index contributed by atoms with van der Waals surface area (Å²) in [7, 11) is 1.34. The number of methoxy groups -OCH3 is 1. The van der Waals surface area contributed by atoms with Crippen LogP contribution in [-0.2, 0) is 6.54 Å². The van der Waals surface area contributed by atoms with Crippen LogP contribution in [0, 0.1) is 11.3 Å². The van der Waals surface area contributed by atoms with Crippen molar-refractivity contribution in [2.45, 2.75) is 13.2 Å². The van der Waals surface area contributed by atoms with E-state index in [-0.39, 0.29) is 24.0 Å². The molecule has 0 radical (unpaired) electrons. The predicted octanol–water partition coefficient (Wildman–Crippen LogP) is 3.10. The number of nitriles is 1. The molecule has 7 heteroatoms. The van der Waals surface area contributed by atoms with Crippen LogP contribution < -0.4 is 14.8 Å². The van der Waals surface area contributed by atoms with Crippen molar-refractivity contribution in [1.82, 2.24) is 5.32 Å². The second kappa shape index (κ2) is 7.92. The minimum atomic E-state index is -2.95. The third-order valence-electron chi connectivity index (χ3n) is 3.15. The summed E-state index contributed by atoms with van der Waals surface area (Å²) < 4.78 is 33.9. The predicted molar refractivity (Wildman–Crippen MR) is 82.0 cm³/mol. The number of carbonyl (C=O) groups excluding carboxylic acids is 1. The first-order valence-electron chi connectivity index (χ1n) is 6.93. The summed E-state index contributed by atoms with van der Waals surface area (Å²) in [4.78, 5) is 12.1. The minimum absolute atomic E-state index is 0.0794. The summed E-state index contributed by atoms with van der Waals surface area (Å²) in [5.41, 5.74) is 1.40. The molecule has 0 aliphatic rings. The van der Waals surface area contributed by atoms with Gasteiger partial charge in [-0.05, 0) is 35.9 Å². The molecule has 0 aromatic heterocycles. The summed E-state index contributed by atoms with van der Waals surface area (Å²) in [6.07, 6.45) is 0.